The lowest BCUT2D eigenvalue weighted by Crippen LogP contribution is -2.50. The first-order valence-electron chi connectivity index (χ1n) is 21.3. The molecule has 13 heteroatoms. The molecule has 1 N–H and O–H groups in total. The van der Waals surface area contributed by atoms with Crippen molar-refractivity contribution in [1.82, 2.24) is 4.90 Å². The number of allylic oxidation sites excluding steroid dienone is 2. The van der Waals surface area contributed by atoms with Gasteiger partial charge in [-0.15, -0.1) is 0 Å². The maximum Gasteiger partial charge on any atom is 0.331 e. The SMILES string of the molecule is CO[C@H]1C/C=C(C)/C=C/C(=O)O[C@H]([C@@H](C)[C@@H](O)[C@@H](C)CCC(=O)[C@H](C)[C@H](OC)[C@H](C)/C=C/N(C)C=O)[C@@H](C)[C@H](OC)C[C@H](OC)[C@]2(CO2)[C@@H](OC)C[C@@H]2CC=C[C@@H](C1)O2. The van der Waals surface area contributed by atoms with E-state index in [9.17, 15) is 19.5 Å². The van der Waals surface area contributed by atoms with Crippen molar-refractivity contribution >= 4 is 18.2 Å². The lowest BCUT2D eigenvalue weighted by atomic mass is 9.78. The highest BCUT2D eigenvalue weighted by Crippen LogP contribution is 2.43. The highest BCUT2D eigenvalue weighted by atomic mass is 16.6. The number of hydrogen-bond acceptors (Lipinski definition) is 12. The Hall–Kier alpha value is -2.75. The second-order valence-corrected chi connectivity index (χ2v) is 17.1. The van der Waals surface area contributed by atoms with Crippen LogP contribution < -0.4 is 0 Å². The molecule has 3 aliphatic rings. The fourth-order valence-electron chi connectivity index (χ4n) is 8.81. The monoisotopic (exact) mass is 834 g/mol. The molecule has 59 heavy (non-hydrogen) atoms. The van der Waals surface area contributed by atoms with Crippen molar-refractivity contribution in [3.05, 3.63) is 48.2 Å². The number of Topliss-reactive ketones (excluding diaryl/α,β-unsaturated/α-hetero) is 1. The van der Waals surface area contributed by atoms with Crippen LogP contribution in [-0.4, -0.2) is 138 Å². The molecule has 15 atom stereocenters. The van der Waals surface area contributed by atoms with Crippen LogP contribution in [0.25, 0.3) is 0 Å². The summed E-state index contributed by atoms with van der Waals surface area (Å²) in [6.07, 6.45) is 13.8. The van der Waals surface area contributed by atoms with E-state index in [0.29, 0.717) is 45.1 Å². The summed E-state index contributed by atoms with van der Waals surface area (Å²) in [7, 11) is 9.89. The minimum absolute atomic E-state index is 0.0160. The second kappa shape index (κ2) is 24.6. The minimum atomic E-state index is -0.917. The average molecular weight is 834 g/mol. The number of epoxide rings is 1. The maximum absolute atomic E-state index is 13.6. The third-order valence-electron chi connectivity index (χ3n) is 12.9. The first kappa shape index (κ1) is 50.6. The van der Waals surface area contributed by atoms with Crippen molar-refractivity contribution in [1.29, 1.82) is 0 Å². The summed E-state index contributed by atoms with van der Waals surface area (Å²) in [6, 6.07) is 0. The van der Waals surface area contributed by atoms with Crippen LogP contribution in [0.4, 0.5) is 0 Å². The van der Waals surface area contributed by atoms with Gasteiger partial charge in [0.15, 0.2) is 0 Å². The fourth-order valence-corrected chi connectivity index (χ4v) is 8.81. The summed E-state index contributed by atoms with van der Waals surface area (Å²) in [4.78, 5) is 39.5. The Kier molecular flexibility index (Phi) is 21.1. The lowest BCUT2D eigenvalue weighted by Gasteiger charge is -2.39. The van der Waals surface area contributed by atoms with Crippen molar-refractivity contribution in [2.75, 3.05) is 49.2 Å². The van der Waals surface area contributed by atoms with Crippen molar-refractivity contribution in [3.8, 4) is 0 Å². The van der Waals surface area contributed by atoms with Crippen molar-refractivity contribution in [3.63, 3.8) is 0 Å². The third kappa shape index (κ3) is 14.4. The number of ether oxygens (including phenoxy) is 8. The molecule has 336 valence electrons. The molecule has 0 aromatic heterocycles. The zero-order chi connectivity index (χ0) is 43.9. The standard InChI is InChI=1S/C46H75NO12/c1-29-16-19-35(52-8)24-36-14-13-15-37(58-36)25-40(54-10)46(27-57-46)41(55-11)26-39(53-9)33(5)45(59-42(50)21-17-29)34(6)43(51)30(2)18-20-38(49)32(4)44(56-12)31(3)22-23-47(7)28-48/h13-14,16-17,21-23,28,30-37,39-41,43-45,51H,15,18-20,24-27H2,1-12H3/b21-17+,23-22+,29-16+/t30-,31+,32-,33-,34-,35-,36-,37-,39+,40-,41-,43-,44+,45-,46-/m0/s1. The van der Waals surface area contributed by atoms with E-state index in [-0.39, 0.29) is 48.5 Å². The molecule has 0 radical (unpaired) electrons. The highest BCUT2D eigenvalue weighted by Gasteiger charge is 2.59. The molecular weight excluding hydrogens is 759 g/mol. The van der Waals surface area contributed by atoms with Crippen LogP contribution in [0.3, 0.4) is 0 Å². The Balaban J connectivity index is 1.88. The number of ketones is 1. The number of carbonyl (C=O) groups excluding carboxylic acids is 3. The molecule has 1 amide bonds. The topological polar surface area (TPSA) is 152 Å². The van der Waals surface area contributed by atoms with Gasteiger partial charge >= 0.3 is 5.97 Å². The van der Waals surface area contributed by atoms with Gasteiger partial charge < -0.3 is 47.9 Å². The quantitative estimate of drug-likeness (QED) is 0.0790. The highest BCUT2D eigenvalue weighted by molar-refractivity contribution is 5.82. The van der Waals surface area contributed by atoms with Gasteiger partial charge in [-0.1, -0.05) is 70.6 Å². The fraction of sp³-hybridized carbons (Fsp3) is 0.761. The van der Waals surface area contributed by atoms with Crippen LogP contribution >= 0.6 is 0 Å². The summed E-state index contributed by atoms with van der Waals surface area (Å²) in [6.45, 7) is 11.9. The van der Waals surface area contributed by atoms with E-state index in [0.717, 1.165) is 12.0 Å². The molecule has 0 saturated carbocycles. The second-order valence-electron chi connectivity index (χ2n) is 17.1. The first-order chi connectivity index (χ1) is 28.1. The number of fused-ring (bicyclic) bond motifs is 2. The average Bonchev–Trinajstić information content (AvgIpc) is 4.04. The largest absolute Gasteiger partial charge is 0.458 e. The summed E-state index contributed by atoms with van der Waals surface area (Å²) < 4.78 is 49.0. The van der Waals surface area contributed by atoms with Gasteiger partial charge in [0.2, 0.25) is 6.41 Å². The first-order valence-corrected chi connectivity index (χ1v) is 21.3. The van der Waals surface area contributed by atoms with Gasteiger partial charge in [0, 0.05) is 104 Å². The van der Waals surface area contributed by atoms with E-state index >= 15 is 0 Å². The van der Waals surface area contributed by atoms with Crippen molar-refractivity contribution in [2.45, 2.75) is 147 Å². The molecule has 0 aromatic rings. The van der Waals surface area contributed by atoms with E-state index in [4.69, 9.17) is 37.9 Å². The van der Waals surface area contributed by atoms with Gasteiger partial charge in [0.25, 0.3) is 0 Å². The molecule has 3 rings (SSSR count). The smallest absolute Gasteiger partial charge is 0.331 e. The van der Waals surface area contributed by atoms with Gasteiger partial charge in [-0.25, -0.2) is 4.79 Å². The van der Waals surface area contributed by atoms with Gasteiger partial charge in [-0.05, 0) is 32.1 Å². The minimum Gasteiger partial charge on any atom is -0.458 e. The Morgan fingerprint density at radius 2 is 1.68 bits per heavy atom. The van der Waals surface area contributed by atoms with Crippen LogP contribution in [0, 0.1) is 29.6 Å². The van der Waals surface area contributed by atoms with E-state index in [1.54, 1.807) is 54.9 Å². The van der Waals surface area contributed by atoms with Gasteiger partial charge in [-0.2, -0.15) is 0 Å². The molecule has 13 nitrogen and oxygen atoms in total. The summed E-state index contributed by atoms with van der Waals surface area (Å²) in [5.74, 6) is -2.29. The van der Waals surface area contributed by atoms with Crippen molar-refractivity contribution in [2.24, 2.45) is 29.6 Å². The molecular formula is C46H75NO12. The zero-order valence-corrected chi connectivity index (χ0v) is 37.7. The summed E-state index contributed by atoms with van der Waals surface area (Å²) >= 11 is 0. The number of amides is 1. The molecule has 0 aliphatic carbocycles. The number of aliphatic hydroxyl groups excluding tert-OH is 1. The van der Waals surface area contributed by atoms with E-state index in [1.165, 1.54) is 11.0 Å². The number of cyclic esters (lactones) is 1. The Morgan fingerprint density at radius 3 is 2.27 bits per heavy atom. The summed E-state index contributed by atoms with van der Waals surface area (Å²) in [5, 5.41) is 11.9. The molecule has 3 aliphatic heterocycles. The molecule has 1 fully saturated rings. The van der Waals surface area contributed by atoms with Crippen LogP contribution in [-0.2, 0) is 52.3 Å². The molecule has 2 bridgehead atoms. The van der Waals surface area contributed by atoms with Gasteiger partial charge in [0.1, 0.15) is 17.5 Å². The van der Waals surface area contributed by atoms with Crippen LogP contribution in [0.1, 0.15) is 86.5 Å². The summed E-state index contributed by atoms with van der Waals surface area (Å²) in [5.41, 5.74) is 0.157. The number of nitrogens with zero attached hydrogens (tertiary/aromatic N) is 1. The number of hydrogen-bond donors (Lipinski definition) is 1. The maximum atomic E-state index is 13.6. The van der Waals surface area contributed by atoms with Crippen LogP contribution in [0.2, 0.25) is 0 Å². The third-order valence-corrected chi connectivity index (χ3v) is 12.9. The predicted molar refractivity (Wildman–Crippen MR) is 225 cm³/mol. The molecule has 0 aromatic carbocycles. The predicted octanol–water partition coefficient (Wildman–Crippen LogP) is 6.03. The number of carbonyl (C=O) groups is 3. The number of methoxy groups -OCH3 is 5. The van der Waals surface area contributed by atoms with Crippen LogP contribution in [0.15, 0.2) is 48.2 Å². The van der Waals surface area contributed by atoms with Gasteiger partial charge in [0.05, 0.1) is 55.4 Å². The van der Waals surface area contributed by atoms with Crippen LogP contribution in [0.5, 0.6) is 0 Å². The molecule has 1 saturated heterocycles. The van der Waals surface area contributed by atoms with Crippen molar-refractivity contribution < 1.29 is 57.4 Å². The number of rotatable bonds is 17. The molecule has 3 heterocycles. The van der Waals surface area contributed by atoms with E-state index in [1.807, 2.05) is 53.7 Å². The number of esters is 1. The molecule has 0 unspecified atom stereocenters. The lowest BCUT2D eigenvalue weighted by molar-refractivity contribution is -0.159. The van der Waals surface area contributed by atoms with Gasteiger partial charge in [-0.3, -0.25) is 9.59 Å². The zero-order valence-electron chi connectivity index (χ0n) is 37.7. The number of aliphatic hydroxyl groups is 1. The Labute approximate surface area is 353 Å². The molecule has 1 spiro atoms. The van der Waals surface area contributed by atoms with E-state index in [2.05, 4.69) is 12.2 Å². The Bertz CT molecular complexity index is 1430. The van der Waals surface area contributed by atoms with E-state index < -0.39 is 59.8 Å². The normalized spacial score (nSPS) is 34.4. The Morgan fingerprint density at radius 1 is 1.00 bits per heavy atom.